The topological polar surface area (TPSA) is 43.2 Å². The summed E-state index contributed by atoms with van der Waals surface area (Å²) in [5, 5.41) is 4.35. The Morgan fingerprint density at radius 2 is 2.11 bits per heavy atom. The van der Waals surface area contributed by atoms with Gasteiger partial charge in [-0.3, -0.25) is 14.6 Å². The van der Waals surface area contributed by atoms with E-state index in [1.54, 1.807) is 6.07 Å². The number of morpholine rings is 1. The largest absolute Gasteiger partial charge is 0.369 e. The van der Waals surface area contributed by atoms with Crippen LogP contribution in [0.3, 0.4) is 0 Å². The van der Waals surface area contributed by atoms with Crippen LogP contribution in [0.2, 0.25) is 0 Å². The molecule has 0 amide bonds. The number of ether oxygens (including phenoxy) is 1. The number of benzene rings is 1. The first kappa shape index (κ1) is 17.8. The predicted octanol–water partition coefficient (Wildman–Crippen LogP) is 3.68. The summed E-state index contributed by atoms with van der Waals surface area (Å²) >= 11 is 0. The maximum absolute atomic E-state index is 13.5. The monoisotopic (exact) mass is 366 g/mol. The Bertz CT molecular complexity index is 910. The minimum absolute atomic E-state index is 0.0894. The summed E-state index contributed by atoms with van der Waals surface area (Å²) in [4.78, 5) is 7.09. The summed E-state index contributed by atoms with van der Waals surface area (Å²) in [7, 11) is 0. The van der Waals surface area contributed by atoms with Crippen LogP contribution in [0.1, 0.15) is 24.3 Å². The molecule has 1 saturated heterocycles. The van der Waals surface area contributed by atoms with E-state index in [4.69, 9.17) is 9.72 Å². The van der Waals surface area contributed by atoms with E-state index in [0.717, 1.165) is 43.1 Å². The van der Waals surface area contributed by atoms with Gasteiger partial charge in [0, 0.05) is 43.5 Å². The minimum atomic E-state index is -0.257. The third-order valence-corrected chi connectivity index (χ3v) is 4.79. The van der Waals surface area contributed by atoms with E-state index in [2.05, 4.69) is 23.1 Å². The van der Waals surface area contributed by atoms with Crippen LogP contribution in [-0.2, 0) is 17.8 Å². The number of hydrogen-bond acceptors (Lipinski definition) is 4. The van der Waals surface area contributed by atoms with Crippen molar-refractivity contribution in [1.29, 1.82) is 0 Å². The van der Waals surface area contributed by atoms with Crippen LogP contribution in [0.15, 0.2) is 54.9 Å². The van der Waals surface area contributed by atoms with Gasteiger partial charge in [-0.05, 0) is 31.2 Å². The van der Waals surface area contributed by atoms with Crippen molar-refractivity contribution in [2.24, 2.45) is 0 Å². The zero-order valence-electron chi connectivity index (χ0n) is 15.4. The molecule has 1 aliphatic heterocycles. The van der Waals surface area contributed by atoms with Gasteiger partial charge in [-0.2, -0.15) is 5.10 Å². The van der Waals surface area contributed by atoms with Crippen LogP contribution in [0.5, 0.6) is 0 Å². The molecule has 140 valence electrons. The highest BCUT2D eigenvalue weighted by atomic mass is 19.1. The Kier molecular flexibility index (Phi) is 5.27. The first-order chi connectivity index (χ1) is 13.2. The molecule has 0 spiro atoms. The van der Waals surface area contributed by atoms with Gasteiger partial charge in [0.05, 0.1) is 24.2 Å². The molecule has 2 aromatic heterocycles. The first-order valence-electron chi connectivity index (χ1n) is 9.29. The Morgan fingerprint density at radius 1 is 1.22 bits per heavy atom. The smallest absolute Gasteiger partial charge is 0.123 e. The average Bonchev–Trinajstić information content (AvgIpc) is 3.16. The molecule has 1 aliphatic rings. The van der Waals surface area contributed by atoms with Crippen LogP contribution in [0.4, 0.5) is 4.39 Å². The second kappa shape index (κ2) is 7.98. The first-order valence-corrected chi connectivity index (χ1v) is 9.29. The van der Waals surface area contributed by atoms with Gasteiger partial charge in [0.25, 0.3) is 0 Å². The third kappa shape index (κ3) is 4.23. The highest BCUT2D eigenvalue weighted by Crippen LogP contribution is 2.25. The SMILES string of the molecule is CCn1cc(CN2CCO[C@H](c3cccc(-c4cccc(F)c4)n3)C2)cn1. The molecule has 0 saturated carbocycles. The van der Waals surface area contributed by atoms with Crippen LogP contribution in [0.25, 0.3) is 11.3 Å². The quantitative estimate of drug-likeness (QED) is 0.691. The van der Waals surface area contributed by atoms with Crippen molar-refractivity contribution >= 4 is 0 Å². The average molecular weight is 366 g/mol. The molecular weight excluding hydrogens is 343 g/mol. The van der Waals surface area contributed by atoms with E-state index in [1.807, 2.05) is 35.1 Å². The molecule has 1 aromatic carbocycles. The lowest BCUT2D eigenvalue weighted by atomic mass is 10.1. The minimum Gasteiger partial charge on any atom is -0.369 e. The summed E-state index contributed by atoms with van der Waals surface area (Å²) in [6.45, 7) is 6.14. The van der Waals surface area contributed by atoms with Crippen molar-refractivity contribution in [3.63, 3.8) is 0 Å². The van der Waals surface area contributed by atoms with E-state index in [1.165, 1.54) is 17.7 Å². The van der Waals surface area contributed by atoms with Gasteiger partial charge in [0.2, 0.25) is 0 Å². The molecule has 4 rings (SSSR count). The van der Waals surface area contributed by atoms with Gasteiger partial charge in [-0.15, -0.1) is 0 Å². The zero-order valence-corrected chi connectivity index (χ0v) is 15.4. The van der Waals surface area contributed by atoms with Crippen molar-refractivity contribution in [3.8, 4) is 11.3 Å². The second-order valence-corrected chi connectivity index (χ2v) is 6.76. The summed E-state index contributed by atoms with van der Waals surface area (Å²) in [5.41, 5.74) is 3.62. The van der Waals surface area contributed by atoms with E-state index < -0.39 is 0 Å². The number of rotatable bonds is 5. The van der Waals surface area contributed by atoms with Gasteiger partial charge in [0.15, 0.2) is 0 Å². The molecule has 3 heterocycles. The molecule has 0 bridgehead atoms. The Balaban J connectivity index is 1.48. The fourth-order valence-corrected chi connectivity index (χ4v) is 3.38. The summed E-state index contributed by atoms with van der Waals surface area (Å²) in [6.07, 6.45) is 3.93. The lowest BCUT2D eigenvalue weighted by Gasteiger charge is -2.32. The zero-order chi connectivity index (χ0) is 18.6. The summed E-state index contributed by atoms with van der Waals surface area (Å²) in [5.74, 6) is -0.257. The number of pyridine rings is 1. The molecule has 6 heteroatoms. The number of hydrogen-bond donors (Lipinski definition) is 0. The molecule has 0 radical (unpaired) electrons. The lowest BCUT2D eigenvalue weighted by Crippen LogP contribution is -2.38. The Morgan fingerprint density at radius 3 is 2.93 bits per heavy atom. The number of nitrogens with zero attached hydrogens (tertiary/aromatic N) is 4. The standard InChI is InChI=1S/C21H23FN4O/c1-2-26-14-16(12-23-26)13-25-9-10-27-21(15-25)20-8-4-7-19(24-20)17-5-3-6-18(22)11-17/h3-8,11-12,14,21H,2,9-10,13,15H2,1H3/t21-/m0/s1. The summed E-state index contributed by atoms with van der Waals surface area (Å²) < 4.78 is 21.4. The van der Waals surface area contributed by atoms with Crippen LogP contribution in [0, 0.1) is 5.82 Å². The molecular formula is C21H23FN4O. The molecule has 5 nitrogen and oxygen atoms in total. The molecule has 0 aliphatic carbocycles. The number of aryl methyl sites for hydroxylation is 1. The van der Waals surface area contributed by atoms with E-state index in [-0.39, 0.29) is 11.9 Å². The Labute approximate surface area is 158 Å². The molecule has 1 atom stereocenters. The second-order valence-electron chi connectivity index (χ2n) is 6.76. The molecule has 1 fully saturated rings. The van der Waals surface area contributed by atoms with Crippen LogP contribution >= 0.6 is 0 Å². The third-order valence-electron chi connectivity index (χ3n) is 4.79. The fraction of sp³-hybridized carbons (Fsp3) is 0.333. The number of aromatic nitrogens is 3. The van der Waals surface area contributed by atoms with E-state index >= 15 is 0 Å². The highest BCUT2D eigenvalue weighted by Gasteiger charge is 2.23. The maximum Gasteiger partial charge on any atom is 0.123 e. The van der Waals surface area contributed by atoms with Gasteiger partial charge in [-0.1, -0.05) is 18.2 Å². The normalized spacial score (nSPS) is 17.9. The van der Waals surface area contributed by atoms with E-state index in [0.29, 0.717) is 6.61 Å². The van der Waals surface area contributed by atoms with Crippen molar-refractivity contribution < 1.29 is 9.13 Å². The fourth-order valence-electron chi connectivity index (χ4n) is 3.38. The van der Waals surface area contributed by atoms with Gasteiger partial charge >= 0.3 is 0 Å². The maximum atomic E-state index is 13.5. The van der Waals surface area contributed by atoms with Gasteiger partial charge < -0.3 is 4.74 Å². The van der Waals surface area contributed by atoms with Crippen molar-refractivity contribution in [3.05, 3.63) is 71.9 Å². The predicted molar refractivity (Wildman–Crippen MR) is 102 cm³/mol. The summed E-state index contributed by atoms with van der Waals surface area (Å²) in [6, 6.07) is 12.4. The highest BCUT2D eigenvalue weighted by molar-refractivity contribution is 5.59. The van der Waals surface area contributed by atoms with Crippen molar-refractivity contribution in [2.45, 2.75) is 26.1 Å². The van der Waals surface area contributed by atoms with Crippen LogP contribution < -0.4 is 0 Å². The van der Waals surface area contributed by atoms with E-state index in [9.17, 15) is 4.39 Å². The van der Waals surface area contributed by atoms with Crippen LogP contribution in [-0.4, -0.2) is 39.4 Å². The molecule has 27 heavy (non-hydrogen) atoms. The Hall–Kier alpha value is -2.57. The molecule has 3 aromatic rings. The van der Waals surface area contributed by atoms with Gasteiger partial charge in [0.1, 0.15) is 11.9 Å². The number of halogens is 1. The van der Waals surface area contributed by atoms with Gasteiger partial charge in [-0.25, -0.2) is 4.39 Å². The molecule has 0 N–H and O–H groups in total. The van der Waals surface area contributed by atoms with Crippen molar-refractivity contribution in [1.82, 2.24) is 19.7 Å². The molecule has 0 unspecified atom stereocenters. The lowest BCUT2D eigenvalue weighted by molar-refractivity contribution is -0.0349. The van der Waals surface area contributed by atoms with Crippen molar-refractivity contribution in [2.75, 3.05) is 19.7 Å².